The lowest BCUT2D eigenvalue weighted by Gasteiger charge is -2.19. The van der Waals surface area contributed by atoms with Crippen molar-refractivity contribution in [2.45, 2.75) is 46.1 Å². The molecule has 3 N–H and O–H groups in total. The van der Waals surface area contributed by atoms with Gasteiger partial charge in [-0.1, -0.05) is 61.9 Å². The second-order valence-corrected chi connectivity index (χ2v) is 6.17. The lowest BCUT2D eigenvalue weighted by atomic mass is 9.93. The predicted molar refractivity (Wildman–Crippen MR) is 90.2 cm³/mol. The molecule has 2 rings (SSSR count). The fraction of sp³-hybridized carbons (Fsp3) is 0.368. The highest BCUT2D eigenvalue weighted by Gasteiger charge is 2.12. The summed E-state index contributed by atoms with van der Waals surface area (Å²) in [5, 5.41) is 0. The molecule has 112 valence electrons. The topological polar surface area (TPSA) is 38.0 Å². The van der Waals surface area contributed by atoms with Gasteiger partial charge in [-0.2, -0.15) is 0 Å². The number of benzene rings is 2. The fourth-order valence-corrected chi connectivity index (χ4v) is 2.63. The van der Waals surface area contributed by atoms with Gasteiger partial charge in [0.05, 0.1) is 0 Å². The Balaban J connectivity index is 2.21. The molecule has 0 heterocycles. The average molecular weight is 282 g/mol. The van der Waals surface area contributed by atoms with Crippen LogP contribution in [-0.2, 0) is 6.42 Å². The third kappa shape index (κ3) is 3.93. The molecule has 1 atom stereocenters. The van der Waals surface area contributed by atoms with E-state index >= 15 is 0 Å². The standard InChI is InChI=1S/C19H26N2/c1-13(2)16-7-9-17(10-8-16)19(21-20)12-18-11-14(3)5-6-15(18)4/h5-11,13,19,21H,12,20H2,1-4H3. The van der Waals surface area contributed by atoms with Crippen LogP contribution in [0.5, 0.6) is 0 Å². The SMILES string of the molecule is Cc1ccc(C)c(CC(NN)c2ccc(C(C)C)cc2)c1. The van der Waals surface area contributed by atoms with E-state index in [1.807, 2.05) is 0 Å². The van der Waals surface area contributed by atoms with E-state index in [2.05, 4.69) is 75.6 Å². The first-order chi connectivity index (χ1) is 10.0. The van der Waals surface area contributed by atoms with Gasteiger partial charge in [0.2, 0.25) is 0 Å². The van der Waals surface area contributed by atoms with Crippen LogP contribution in [-0.4, -0.2) is 0 Å². The van der Waals surface area contributed by atoms with Crippen molar-refractivity contribution in [3.05, 3.63) is 70.3 Å². The smallest absolute Gasteiger partial charge is 0.0500 e. The molecule has 0 saturated heterocycles. The maximum Gasteiger partial charge on any atom is 0.0500 e. The molecule has 0 aromatic heterocycles. The first-order valence-corrected chi connectivity index (χ1v) is 7.63. The minimum atomic E-state index is 0.145. The van der Waals surface area contributed by atoms with Crippen molar-refractivity contribution < 1.29 is 0 Å². The predicted octanol–water partition coefficient (Wildman–Crippen LogP) is 4.17. The Hall–Kier alpha value is -1.64. The fourth-order valence-electron chi connectivity index (χ4n) is 2.63. The van der Waals surface area contributed by atoms with Crippen molar-refractivity contribution in [1.29, 1.82) is 0 Å². The second-order valence-electron chi connectivity index (χ2n) is 6.17. The molecular weight excluding hydrogens is 256 g/mol. The number of nitrogens with two attached hydrogens (primary N) is 1. The molecule has 2 nitrogen and oxygen atoms in total. The molecule has 0 amide bonds. The van der Waals surface area contributed by atoms with Gasteiger partial charge in [-0.05, 0) is 48.4 Å². The first kappa shape index (κ1) is 15.7. The zero-order valence-electron chi connectivity index (χ0n) is 13.5. The molecular formula is C19H26N2. The maximum atomic E-state index is 5.79. The number of aryl methyl sites for hydroxylation is 2. The van der Waals surface area contributed by atoms with E-state index in [-0.39, 0.29) is 6.04 Å². The van der Waals surface area contributed by atoms with Crippen molar-refractivity contribution >= 4 is 0 Å². The number of hydrogen-bond acceptors (Lipinski definition) is 2. The highest BCUT2D eigenvalue weighted by molar-refractivity contribution is 5.33. The van der Waals surface area contributed by atoms with Crippen LogP contribution in [0.3, 0.4) is 0 Å². The van der Waals surface area contributed by atoms with Gasteiger partial charge in [-0.15, -0.1) is 0 Å². The minimum Gasteiger partial charge on any atom is -0.271 e. The molecule has 0 saturated carbocycles. The molecule has 2 aromatic rings. The maximum absolute atomic E-state index is 5.79. The van der Waals surface area contributed by atoms with Crippen molar-refractivity contribution in [3.63, 3.8) is 0 Å². The van der Waals surface area contributed by atoms with Crippen molar-refractivity contribution in [2.24, 2.45) is 5.84 Å². The van der Waals surface area contributed by atoms with E-state index in [0.717, 1.165) is 6.42 Å². The third-order valence-corrected chi connectivity index (χ3v) is 4.14. The summed E-state index contributed by atoms with van der Waals surface area (Å²) in [4.78, 5) is 0. The summed E-state index contributed by atoms with van der Waals surface area (Å²) < 4.78 is 0. The molecule has 0 aliphatic heterocycles. The Labute approximate surface area is 128 Å². The summed E-state index contributed by atoms with van der Waals surface area (Å²) >= 11 is 0. The molecule has 0 aliphatic carbocycles. The summed E-state index contributed by atoms with van der Waals surface area (Å²) in [6.07, 6.45) is 0.908. The Morgan fingerprint density at radius 1 is 0.952 bits per heavy atom. The summed E-state index contributed by atoms with van der Waals surface area (Å²) in [7, 11) is 0. The number of nitrogens with one attached hydrogen (secondary N) is 1. The Kier molecular flexibility index (Phi) is 5.16. The van der Waals surface area contributed by atoms with Gasteiger partial charge in [0.1, 0.15) is 0 Å². The van der Waals surface area contributed by atoms with Gasteiger partial charge in [0, 0.05) is 6.04 Å². The molecule has 0 fully saturated rings. The highest BCUT2D eigenvalue weighted by Crippen LogP contribution is 2.23. The Bertz CT molecular complexity index is 585. The zero-order valence-corrected chi connectivity index (χ0v) is 13.5. The molecule has 0 aliphatic rings. The van der Waals surface area contributed by atoms with Crippen LogP contribution in [0.4, 0.5) is 0 Å². The van der Waals surface area contributed by atoms with Crippen molar-refractivity contribution in [3.8, 4) is 0 Å². The van der Waals surface area contributed by atoms with E-state index in [4.69, 9.17) is 5.84 Å². The third-order valence-electron chi connectivity index (χ3n) is 4.14. The lowest BCUT2D eigenvalue weighted by molar-refractivity contribution is 0.550. The van der Waals surface area contributed by atoms with Crippen LogP contribution in [0.15, 0.2) is 42.5 Å². The zero-order chi connectivity index (χ0) is 15.4. The number of rotatable bonds is 5. The van der Waals surface area contributed by atoms with Gasteiger partial charge in [-0.3, -0.25) is 11.3 Å². The summed E-state index contributed by atoms with van der Waals surface area (Å²) in [6, 6.07) is 15.5. The van der Waals surface area contributed by atoms with E-state index < -0.39 is 0 Å². The average Bonchev–Trinajstić information content (AvgIpc) is 2.48. The lowest BCUT2D eigenvalue weighted by Crippen LogP contribution is -2.29. The van der Waals surface area contributed by atoms with E-state index in [9.17, 15) is 0 Å². The van der Waals surface area contributed by atoms with Gasteiger partial charge in [0.25, 0.3) is 0 Å². The van der Waals surface area contributed by atoms with Crippen molar-refractivity contribution in [2.75, 3.05) is 0 Å². The number of hydrazine groups is 1. The normalized spacial score (nSPS) is 12.7. The molecule has 2 aromatic carbocycles. The summed E-state index contributed by atoms with van der Waals surface area (Å²) in [6.45, 7) is 8.71. The van der Waals surface area contributed by atoms with Gasteiger partial charge < -0.3 is 0 Å². The monoisotopic (exact) mass is 282 g/mol. The van der Waals surface area contributed by atoms with E-state index in [1.54, 1.807) is 0 Å². The van der Waals surface area contributed by atoms with Gasteiger partial charge >= 0.3 is 0 Å². The molecule has 0 spiro atoms. The van der Waals surface area contributed by atoms with Crippen molar-refractivity contribution in [1.82, 2.24) is 5.43 Å². The highest BCUT2D eigenvalue weighted by atomic mass is 15.2. The first-order valence-electron chi connectivity index (χ1n) is 7.63. The van der Waals surface area contributed by atoms with Crippen LogP contribution >= 0.6 is 0 Å². The van der Waals surface area contributed by atoms with E-state index in [0.29, 0.717) is 5.92 Å². The quantitative estimate of drug-likeness (QED) is 0.638. The molecule has 21 heavy (non-hydrogen) atoms. The Morgan fingerprint density at radius 3 is 2.14 bits per heavy atom. The van der Waals surface area contributed by atoms with Crippen LogP contribution < -0.4 is 11.3 Å². The van der Waals surface area contributed by atoms with E-state index in [1.165, 1.54) is 27.8 Å². The molecule has 0 bridgehead atoms. The van der Waals surface area contributed by atoms with Crippen LogP contribution in [0.1, 0.15) is 53.6 Å². The van der Waals surface area contributed by atoms with Crippen LogP contribution in [0.2, 0.25) is 0 Å². The van der Waals surface area contributed by atoms with Gasteiger partial charge in [-0.25, -0.2) is 0 Å². The largest absolute Gasteiger partial charge is 0.271 e. The summed E-state index contributed by atoms with van der Waals surface area (Å²) in [5.41, 5.74) is 9.53. The molecule has 0 radical (unpaired) electrons. The molecule has 1 unspecified atom stereocenters. The van der Waals surface area contributed by atoms with Crippen LogP contribution in [0.25, 0.3) is 0 Å². The second kappa shape index (κ2) is 6.88. The van der Waals surface area contributed by atoms with Crippen LogP contribution in [0, 0.1) is 13.8 Å². The molecule has 2 heteroatoms. The Morgan fingerprint density at radius 2 is 1.57 bits per heavy atom. The van der Waals surface area contributed by atoms with Gasteiger partial charge in [0.15, 0.2) is 0 Å². The number of hydrogen-bond donors (Lipinski definition) is 2. The minimum absolute atomic E-state index is 0.145. The summed E-state index contributed by atoms with van der Waals surface area (Å²) in [5.74, 6) is 6.35.